The van der Waals surface area contributed by atoms with E-state index >= 15 is 0 Å². The molecule has 1 heterocycles. The summed E-state index contributed by atoms with van der Waals surface area (Å²) in [4.78, 5) is 16.4. The standard InChI is InChI=1S/C14H26N2O2/c1-3-8-16(13-4-5-13)14(17)15(2)11-12-6-9-18-10-7-12/h12-13H,3-11H2,1-2H3. The molecule has 0 aromatic carbocycles. The van der Waals surface area contributed by atoms with Crippen LogP contribution in [0.15, 0.2) is 0 Å². The first-order valence-corrected chi connectivity index (χ1v) is 7.31. The number of rotatable bonds is 5. The van der Waals surface area contributed by atoms with E-state index in [0.29, 0.717) is 12.0 Å². The molecule has 4 heteroatoms. The van der Waals surface area contributed by atoms with Crippen molar-refractivity contribution in [3.8, 4) is 0 Å². The maximum absolute atomic E-state index is 12.4. The summed E-state index contributed by atoms with van der Waals surface area (Å²) in [6.45, 7) is 5.64. The number of hydrogen-bond donors (Lipinski definition) is 0. The number of urea groups is 1. The van der Waals surface area contributed by atoms with Gasteiger partial charge in [0.2, 0.25) is 0 Å². The van der Waals surface area contributed by atoms with Gasteiger partial charge in [-0.05, 0) is 38.0 Å². The first-order valence-electron chi connectivity index (χ1n) is 7.31. The van der Waals surface area contributed by atoms with Crippen LogP contribution in [0.1, 0.15) is 39.0 Å². The third-order valence-electron chi connectivity index (χ3n) is 3.90. The van der Waals surface area contributed by atoms with E-state index in [-0.39, 0.29) is 6.03 Å². The summed E-state index contributed by atoms with van der Waals surface area (Å²) in [5.41, 5.74) is 0. The summed E-state index contributed by atoms with van der Waals surface area (Å²) < 4.78 is 5.36. The molecule has 2 rings (SSSR count). The molecule has 0 aromatic heterocycles. The zero-order valence-electron chi connectivity index (χ0n) is 11.7. The monoisotopic (exact) mass is 254 g/mol. The van der Waals surface area contributed by atoms with Gasteiger partial charge in [0.05, 0.1) is 0 Å². The lowest BCUT2D eigenvalue weighted by atomic mass is 10.00. The Morgan fingerprint density at radius 3 is 2.44 bits per heavy atom. The Morgan fingerprint density at radius 1 is 1.22 bits per heavy atom. The summed E-state index contributed by atoms with van der Waals surface area (Å²) in [5, 5.41) is 0. The molecular formula is C14H26N2O2. The second kappa shape index (κ2) is 6.41. The van der Waals surface area contributed by atoms with E-state index in [0.717, 1.165) is 45.6 Å². The molecule has 0 bridgehead atoms. The van der Waals surface area contributed by atoms with E-state index in [1.165, 1.54) is 12.8 Å². The van der Waals surface area contributed by atoms with Crippen molar-refractivity contribution in [3.05, 3.63) is 0 Å². The van der Waals surface area contributed by atoms with Gasteiger partial charge in [-0.2, -0.15) is 0 Å². The number of ether oxygens (including phenoxy) is 1. The maximum Gasteiger partial charge on any atom is 0.319 e. The fourth-order valence-electron chi connectivity index (χ4n) is 2.68. The molecule has 1 aliphatic carbocycles. The predicted molar refractivity (Wildman–Crippen MR) is 71.6 cm³/mol. The van der Waals surface area contributed by atoms with Crippen molar-refractivity contribution in [2.45, 2.75) is 45.1 Å². The molecule has 0 aromatic rings. The second-order valence-electron chi connectivity index (χ2n) is 5.64. The molecule has 2 amide bonds. The molecule has 1 saturated heterocycles. The molecule has 0 atom stereocenters. The van der Waals surface area contributed by atoms with Crippen LogP contribution < -0.4 is 0 Å². The minimum atomic E-state index is 0.228. The molecule has 2 fully saturated rings. The van der Waals surface area contributed by atoms with E-state index in [4.69, 9.17) is 4.74 Å². The highest BCUT2D eigenvalue weighted by atomic mass is 16.5. The highest BCUT2D eigenvalue weighted by Gasteiger charge is 2.33. The van der Waals surface area contributed by atoms with Crippen molar-refractivity contribution in [2.24, 2.45) is 5.92 Å². The van der Waals surface area contributed by atoms with E-state index in [1.54, 1.807) is 0 Å². The van der Waals surface area contributed by atoms with E-state index in [2.05, 4.69) is 11.8 Å². The van der Waals surface area contributed by atoms with Gasteiger partial charge in [0, 0.05) is 39.4 Å². The largest absolute Gasteiger partial charge is 0.381 e. The van der Waals surface area contributed by atoms with Crippen LogP contribution in [0, 0.1) is 5.92 Å². The van der Waals surface area contributed by atoms with Gasteiger partial charge in [0.25, 0.3) is 0 Å². The highest BCUT2D eigenvalue weighted by molar-refractivity contribution is 5.74. The van der Waals surface area contributed by atoms with Gasteiger partial charge in [-0.1, -0.05) is 6.92 Å². The average Bonchev–Trinajstić information content (AvgIpc) is 3.20. The zero-order valence-corrected chi connectivity index (χ0v) is 11.7. The Morgan fingerprint density at radius 2 is 1.89 bits per heavy atom. The third-order valence-corrected chi connectivity index (χ3v) is 3.90. The van der Waals surface area contributed by atoms with Crippen molar-refractivity contribution in [2.75, 3.05) is 33.4 Å². The lowest BCUT2D eigenvalue weighted by Crippen LogP contribution is -2.45. The molecular weight excluding hydrogens is 228 g/mol. The SMILES string of the molecule is CCCN(C(=O)N(C)CC1CCOCC1)C1CC1. The quantitative estimate of drug-likeness (QED) is 0.754. The number of nitrogens with zero attached hydrogens (tertiary/aromatic N) is 2. The molecule has 104 valence electrons. The second-order valence-corrected chi connectivity index (χ2v) is 5.64. The van der Waals surface area contributed by atoms with E-state index in [9.17, 15) is 4.79 Å². The fraction of sp³-hybridized carbons (Fsp3) is 0.929. The maximum atomic E-state index is 12.4. The van der Waals surface area contributed by atoms with Crippen molar-refractivity contribution in [3.63, 3.8) is 0 Å². The smallest absolute Gasteiger partial charge is 0.319 e. The van der Waals surface area contributed by atoms with Crippen LogP contribution in [-0.4, -0.2) is 55.2 Å². The summed E-state index contributed by atoms with van der Waals surface area (Å²) in [6.07, 6.45) is 5.62. The van der Waals surface area contributed by atoms with Crippen molar-refractivity contribution in [1.82, 2.24) is 9.80 Å². The van der Waals surface area contributed by atoms with Gasteiger partial charge in [-0.25, -0.2) is 4.79 Å². The molecule has 2 aliphatic rings. The normalized spacial score (nSPS) is 20.8. The number of amides is 2. The average molecular weight is 254 g/mol. The molecule has 4 nitrogen and oxygen atoms in total. The third kappa shape index (κ3) is 3.61. The van der Waals surface area contributed by atoms with Gasteiger partial charge < -0.3 is 14.5 Å². The lowest BCUT2D eigenvalue weighted by molar-refractivity contribution is 0.0561. The van der Waals surface area contributed by atoms with Crippen LogP contribution in [0.4, 0.5) is 4.79 Å². The molecule has 0 spiro atoms. The predicted octanol–water partition coefficient (Wildman–Crippen LogP) is 2.34. The lowest BCUT2D eigenvalue weighted by Gasteiger charge is -2.31. The Bertz CT molecular complexity index is 273. The van der Waals surface area contributed by atoms with Crippen LogP contribution in [0.25, 0.3) is 0 Å². The van der Waals surface area contributed by atoms with Crippen molar-refractivity contribution < 1.29 is 9.53 Å². The summed E-state index contributed by atoms with van der Waals surface area (Å²) in [7, 11) is 1.95. The van der Waals surface area contributed by atoms with E-state index in [1.807, 2.05) is 11.9 Å². The first kappa shape index (κ1) is 13.7. The molecule has 18 heavy (non-hydrogen) atoms. The number of hydrogen-bond acceptors (Lipinski definition) is 2. The zero-order chi connectivity index (χ0) is 13.0. The number of carbonyl (C=O) groups excluding carboxylic acids is 1. The summed E-state index contributed by atoms with van der Waals surface area (Å²) in [6, 6.07) is 0.750. The van der Waals surface area contributed by atoms with Crippen LogP contribution in [0.3, 0.4) is 0 Å². The summed E-state index contributed by atoms with van der Waals surface area (Å²) in [5.74, 6) is 0.621. The fourth-order valence-corrected chi connectivity index (χ4v) is 2.68. The summed E-state index contributed by atoms with van der Waals surface area (Å²) >= 11 is 0. The van der Waals surface area contributed by atoms with Crippen LogP contribution in [0.5, 0.6) is 0 Å². The topological polar surface area (TPSA) is 32.8 Å². The van der Waals surface area contributed by atoms with Crippen LogP contribution in [0.2, 0.25) is 0 Å². The minimum absolute atomic E-state index is 0.228. The first-order chi connectivity index (χ1) is 8.72. The van der Waals surface area contributed by atoms with Gasteiger partial charge >= 0.3 is 6.03 Å². The van der Waals surface area contributed by atoms with Crippen LogP contribution >= 0.6 is 0 Å². The van der Waals surface area contributed by atoms with Gasteiger partial charge in [-0.15, -0.1) is 0 Å². The van der Waals surface area contributed by atoms with Gasteiger partial charge in [0.15, 0.2) is 0 Å². The Balaban J connectivity index is 1.81. The van der Waals surface area contributed by atoms with Crippen molar-refractivity contribution in [1.29, 1.82) is 0 Å². The molecule has 0 N–H and O–H groups in total. The number of carbonyl (C=O) groups is 1. The molecule has 0 radical (unpaired) electrons. The van der Waals surface area contributed by atoms with Crippen molar-refractivity contribution >= 4 is 6.03 Å². The Kier molecular flexibility index (Phi) is 4.87. The Labute approximate surface area is 110 Å². The highest BCUT2D eigenvalue weighted by Crippen LogP contribution is 2.28. The molecule has 1 aliphatic heterocycles. The van der Waals surface area contributed by atoms with Gasteiger partial charge in [0.1, 0.15) is 0 Å². The Hall–Kier alpha value is -0.770. The molecule has 1 saturated carbocycles. The van der Waals surface area contributed by atoms with E-state index < -0.39 is 0 Å². The van der Waals surface area contributed by atoms with Crippen LogP contribution in [-0.2, 0) is 4.74 Å². The van der Waals surface area contributed by atoms with Gasteiger partial charge in [-0.3, -0.25) is 0 Å². The minimum Gasteiger partial charge on any atom is -0.381 e. The molecule has 0 unspecified atom stereocenters.